The normalized spacial score (nSPS) is 16.0. The zero-order chi connectivity index (χ0) is 24.9. The minimum atomic E-state index is -0.0648. The number of nitrogens with zero attached hydrogens (tertiary/aromatic N) is 3. The molecule has 0 spiro atoms. The quantitative estimate of drug-likeness (QED) is 0.291. The number of carbonyl (C=O) groups is 2. The van der Waals surface area contributed by atoms with Crippen molar-refractivity contribution in [3.8, 4) is 0 Å². The predicted molar refractivity (Wildman–Crippen MR) is 144 cm³/mol. The van der Waals surface area contributed by atoms with Crippen LogP contribution in [0.25, 0.3) is 21.7 Å². The van der Waals surface area contributed by atoms with E-state index in [1.54, 1.807) is 11.3 Å². The van der Waals surface area contributed by atoms with Crippen LogP contribution in [0.4, 0.5) is 0 Å². The molecule has 2 aromatic heterocycles. The summed E-state index contributed by atoms with van der Waals surface area (Å²) in [5.74, 6) is 0.555. The van der Waals surface area contributed by atoms with Crippen molar-refractivity contribution in [2.75, 3.05) is 13.1 Å². The topological polar surface area (TPSA) is 66.7 Å². The predicted octanol–water partition coefficient (Wildman–Crippen LogP) is 6.22. The maximum atomic E-state index is 13.4. The Hall–Kier alpha value is -3.97. The summed E-state index contributed by atoms with van der Waals surface area (Å²) in [7, 11) is 0. The number of hydrogen-bond acceptors (Lipinski definition) is 5. The van der Waals surface area contributed by atoms with E-state index < -0.39 is 0 Å². The fourth-order valence-corrected chi connectivity index (χ4v) is 6.65. The molecule has 0 bridgehead atoms. The van der Waals surface area contributed by atoms with Gasteiger partial charge in [0.1, 0.15) is 11.3 Å². The van der Waals surface area contributed by atoms with E-state index in [0.29, 0.717) is 37.6 Å². The third-order valence-electron chi connectivity index (χ3n) is 7.60. The van der Waals surface area contributed by atoms with Gasteiger partial charge in [0.05, 0.1) is 5.01 Å². The van der Waals surface area contributed by atoms with Gasteiger partial charge in [0.2, 0.25) is 0 Å². The molecule has 2 amide bonds. The Labute approximate surface area is 218 Å². The van der Waals surface area contributed by atoms with Gasteiger partial charge >= 0.3 is 0 Å². The highest BCUT2D eigenvalue weighted by Crippen LogP contribution is 2.34. The SMILES string of the molecule is O=C(c1csc(C2CCN(C(=O)c3cc4ccccc4o3)CC2)n1)N1Cc2cccc3cccc(c23)C1. The van der Waals surface area contributed by atoms with Crippen molar-refractivity contribution in [1.29, 1.82) is 0 Å². The standard InChI is InChI=1S/C30H25N3O3S/c34-29(33-16-22-8-3-6-19-7-4-9-23(17-33)27(19)22)24-18-37-28(31-24)20-11-13-32(14-12-20)30(35)26-15-21-5-1-2-10-25(21)36-26/h1-10,15,18,20H,11-14,16-17H2. The van der Waals surface area contributed by atoms with Gasteiger partial charge in [0.25, 0.3) is 11.8 Å². The van der Waals surface area contributed by atoms with Crippen molar-refractivity contribution in [3.05, 3.63) is 99.7 Å². The average Bonchev–Trinajstić information content (AvgIpc) is 3.61. The van der Waals surface area contributed by atoms with Gasteiger partial charge in [-0.1, -0.05) is 54.6 Å². The number of benzene rings is 3. The van der Waals surface area contributed by atoms with Gasteiger partial charge in [-0.2, -0.15) is 0 Å². The van der Waals surface area contributed by atoms with Crippen LogP contribution in [0.1, 0.15) is 55.9 Å². The third-order valence-corrected chi connectivity index (χ3v) is 8.60. The first-order chi connectivity index (χ1) is 18.1. The van der Waals surface area contributed by atoms with Gasteiger partial charge in [-0.25, -0.2) is 4.98 Å². The van der Waals surface area contributed by atoms with Crippen LogP contribution in [-0.4, -0.2) is 39.7 Å². The molecule has 0 unspecified atom stereocenters. The fraction of sp³-hybridized carbons (Fsp3) is 0.233. The minimum Gasteiger partial charge on any atom is -0.451 e. The summed E-state index contributed by atoms with van der Waals surface area (Å²) in [5.41, 5.74) is 3.62. The lowest BCUT2D eigenvalue weighted by Gasteiger charge is -2.30. The molecule has 0 N–H and O–H groups in total. The second-order valence-electron chi connectivity index (χ2n) is 9.88. The first-order valence-corrected chi connectivity index (χ1v) is 13.5. The van der Waals surface area contributed by atoms with Crippen LogP contribution in [-0.2, 0) is 13.1 Å². The first kappa shape index (κ1) is 22.2. The molecule has 7 rings (SSSR count). The molecular formula is C30H25N3O3S. The van der Waals surface area contributed by atoms with Crippen LogP contribution < -0.4 is 0 Å². The number of carbonyl (C=O) groups excluding carboxylic acids is 2. The highest BCUT2D eigenvalue weighted by atomic mass is 32.1. The lowest BCUT2D eigenvalue weighted by molar-refractivity contribution is 0.0683. The molecule has 4 heterocycles. The number of fused-ring (bicyclic) bond motifs is 1. The molecule has 1 saturated heterocycles. The second-order valence-corrected chi connectivity index (χ2v) is 10.8. The molecule has 7 heteroatoms. The third kappa shape index (κ3) is 3.90. The molecule has 2 aliphatic heterocycles. The fourth-order valence-electron chi connectivity index (χ4n) is 5.68. The number of thiazole rings is 1. The van der Waals surface area contributed by atoms with Crippen LogP contribution in [0.15, 0.2) is 76.5 Å². The van der Waals surface area contributed by atoms with Crippen LogP contribution in [0.2, 0.25) is 0 Å². The van der Waals surface area contributed by atoms with E-state index >= 15 is 0 Å². The van der Waals surface area contributed by atoms with Gasteiger partial charge in [0.15, 0.2) is 5.76 Å². The molecule has 5 aromatic rings. The summed E-state index contributed by atoms with van der Waals surface area (Å²) in [6, 6.07) is 22.1. The zero-order valence-corrected chi connectivity index (χ0v) is 21.0. The Balaban J connectivity index is 1.02. The van der Waals surface area contributed by atoms with Gasteiger partial charge < -0.3 is 14.2 Å². The molecule has 0 radical (unpaired) electrons. The van der Waals surface area contributed by atoms with Gasteiger partial charge in [-0.3, -0.25) is 9.59 Å². The molecule has 6 nitrogen and oxygen atoms in total. The van der Waals surface area contributed by atoms with E-state index in [0.717, 1.165) is 28.8 Å². The minimum absolute atomic E-state index is 0.0218. The number of aromatic nitrogens is 1. The lowest BCUT2D eigenvalue weighted by Crippen LogP contribution is -2.37. The Bertz CT molecular complexity index is 1590. The van der Waals surface area contributed by atoms with Crippen molar-refractivity contribution < 1.29 is 14.0 Å². The van der Waals surface area contributed by atoms with Gasteiger partial charge in [0, 0.05) is 42.9 Å². The first-order valence-electron chi connectivity index (χ1n) is 12.7. The second kappa shape index (κ2) is 8.85. The summed E-state index contributed by atoms with van der Waals surface area (Å²) in [6.45, 7) is 2.50. The maximum Gasteiger partial charge on any atom is 0.289 e. The number of furan rings is 1. The Morgan fingerprint density at radius 1 is 0.838 bits per heavy atom. The van der Waals surface area contributed by atoms with Gasteiger partial charge in [-0.15, -0.1) is 11.3 Å². The maximum absolute atomic E-state index is 13.4. The molecule has 0 atom stereocenters. The van der Waals surface area contributed by atoms with Crippen LogP contribution >= 0.6 is 11.3 Å². The Morgan fingerprint density at radius 3 is 2.27 bits per heavy atom. The number of amides is 2. The van der Waals surface area contributed by atoms with E-state index in [9.17, 15) is 9.59 Å². The van der Waals surface area contributed by atoms with E-state index in [1.165, 1.54) is 21.9 Å². The largest absolute Gasteiger partial charge is 0.451 e. The Morgan fingerprint density at radius 2 is 1.54 bits per heavy atom. The number of para-hydroxylation sites is 1. The molecule has 1 fully saturated rings. The van der Waals surface area contributed by atoms with E-state index in [4.69, 9.17) is 9.40 Å². The highest BCUT2D eigenvalue weighted by Gasteiger charge is 2.30. The number of likely N-dealkylation sites (tertiary alicyclic amines) is 1. The highest BCUT2D eigenvalue weighted by molar-refractivity contribution is 7.09. The molecule has 2 aliphatic rings. The monoisotopic (exact) mass is 507 g/mol. The van der Waals surface area contributed by atoms with E-state index in [2.05, 4.69) is 36.4 Å². The van der Waals surface area contributed by atoms with Crippen molar-refractivity contribution in [3.63, 3.8) is 0 Å². The summed E-state index contributed by atoms with van der Waals surface area (Å²) in [4.78, 5) is 34.9. The Kier molecular flexibility index (Phi) is 5.32. The smallest absolute Gasteiger partial charge is 0.289 e. The summed E-state index contributed by atoms with van der Waals surface area (Å²) >= 11 is 1.56. The number of rotatable bonds is 3. The summed E-state index contributed by atoms with van der Waals surface area (Å²) < 4.78 is 5.78. The van der Waals surface area contributed by atoms with Crippen LogP contribution in [0.5, 0.6) is 0 Å². The van der Waals surface area contributed by atoms with Crippen LogP contribution in [0, 0.1) is 0 Å². The van der Waals surface area contributed by atoms with Gasteiger partial charge in [-0.05, 0) is 46.9 Å². The van der Waals surface area contributed by atoms with Crippen molar-refractivity contribution >= 4 is 44.9 Å². The summed E-state index contributed by atoms with van der Waals surface area (Å²) in [6.07, 6.45) is 1.65. The molecule has 37 heavy (non-hydrogen) atoms. The van der Waals surface area contributed by atoms with Crippen molar-refractivity contribution in [1.82, 2.24) is 14.8 Å². The zero-order valence-electron chi connectivity index (χ0n) is 20.2. The molecule has 0 aliphatic carbocycles. The van der Waals surface area contributed by atoms with E-state index in [1.807, 2.05) is 45.5 Å². The molecular weight excluding hydrogens is 482 g/mol. The number of hydrogen-bond donors (Lipinski definition) is 0. The molecule has 184 valence electrons. The van der Waals surface area contributed by atoms with E-state index in [-0.39, 0.29) is 17.7 Å². The van der Waals surface area contributed by atoms with Crippen LogP contribution in [0.3, 0.4) is 0 Å². The van der Waals surface area contributed by atoms with Crippen molar-refractivity contribution in [2.24, 2.45) is 0 Å². The molecule has 3 aromatic carbocycles. The number of piperidine rings is 1. The van der Waals surface area contributed by atoms with Crippen molar-refractivity contribution in [2.45, 2.75) is 31.8 Å². The molecule has 0 saturated carbocycles. The average molecular weight is 508 g/mol. The summed E-state index contributed by atoms with van der Waals surface area (Å²) in [5, 5.41) is 6.32. The lowest BCUT2D eigenvalue weighted by atomic mass is 9.95.